The number of carbonyl (C=O) groups is 1. The topological polar surface area (TPSA) is 114 Å². The second-order valence-electron chi connectivity index (χ2n) is 3.55. The largest absolute Gasteiger partial charge is 0.399 e. The molecule has 8 heteroatoms. The van der Waals surface area contributed by atoms with Crippen LogP contribution in [-0.4, -0.2) is 38.2 Å². The molecule has 100 valence electrons. The van der Waals surface area contributed by atoms with Crippen LogP contribution in [0.3, 0.4) is 0 Å². The third-order valence-electron chi connectivity index (χ3n) is 2.04. The van der Waals surface area contributed by atoms with Crippen LogP contribution in [0, 0.1) is 0 Å². The molecule has 0 fully saturated rings. The Kier molecular flexibility index (Phi) is 5.05. The Labute approximate surface area is 106 Å². The highest BCUT2D eigenvalue weighted by atomic mass is 32.2. The van der Waals surface area contributed by atoms with Crippen molar-refractivity contribution in [3.63, 3.8) is 0 Å². The van der Waals surface area contributed by atoms with Gasteiger partial charge in [-0.05, 0) is 12.1 Å². The fourth-order valence-electron chi connectivity index (χ4n) is 1.25. The molecule has 1 amide bonds. The highest BCUT2D eigenvalue weighted by Gasteiger charge is 2.11. The zero-order valence-electron chi connectivity index (χ0n) is 10.0. The van der Waals surface area contributed by atoms with Crippen molar-refractivity contribution in [3.05, 3.63) is 24.0 Å². The van der Waals surface area contributed by atoms with E-state index in [0.717, 1.165) is 0 Å². The Morgan fingerprint density at radius 1 is 1.50 bits per heavy atom. The molecule has 4 N–H and O–H groups in total. The van der Waals surface area contributed by atoms with Gasteiger partial charge in [0.15, 0.2) is 0 Å². The van der Waals surface area contributed by atoms with Crippen LogP contribution in [0.25, 0.3) is 0 Å². The van der Waals surface area contributed by atoms with Crippen LogP contribution in [0.5, 0.6) is 0 Å². The van der Waals surface area contributed by atoms with Crippen LogP contribution in [0.2, 0.25) is 0 Å². The van der Waals surface area contributed by atoms with Crippen LogP contribution in [0.4, 0.5) is 5.69 Å². The van der Waals surface area contributed by atoms with Crippen LogP contribution in [-0.2, 0) is 10.0 Å². The number of nitrogens with one attached hydrogen (secondary N) is 2. The molecule has 0 spiro atoms. The smallest absolute Gasteiger partial charge is 0.269 e. The minimum atomic E-state index is -3.33. The lowest BCUT2D eigenvalue weighted by atomic mass is 10.3. The van der Waals surface area contributed by atoms with E-state index in [4.69, 9.17) is 5.73 Å². The van der Waals surface area contributed by atoms with Crippen LogP contribution >= 0.6 is 0 Å². The minimum absolute atomic E-state index is 0.0185. The van der Waals surface area contributed by atoms with Gasteiger partial charge in [-0.2, -0.15) is 0 Å². The average molecular weight is 272 g/mol. The maximum atomic E-state index is 11.6. The van der Waals surface area contributed by atoms with Crippen molar-refractivity contribution in [3.8, 4) is 0 Å². The van der Waals surface area contributed by atoms with Gasteiger partial charge < -0.3 is 11.1 Å². The van der Waals surface area contributed by atoms with E-state index in [2.05, 4.69) is 15.0 Å². The predicted molar refractivity (Wildman–Crippen MR) is 68.4 cm³/mol. The molecule has 7 nitrogen and oxygen atoms in total. The Bertz CT molecular complexity index is 516. The highest BCUT2D eigenvalue weighted by molar-refractivity contribution is 7.89. The Morgan fingerprint density at radius 3 is 2.83 bits per heavy atom. The second kappa shape index (κ2) is 6.31. The summed E-state index contributed by atoms with van der Waals surface area (Å²) in [5, 5.41) is 2.46. The molecule has 1 heterocycles. The van der Waals surface area contributed by atoms with Gasteiger partial charge in [-0.15, -0.1) is 0 Å². The first kappa shape index (κ1) is 14.4. The third-order valence-corrected chi connectivity index (χ3v) is 3.51. The lowest BCUT2D eigenvalue weighted by Crippen LogP contribution is -2.34. The van der Waals surface area contributed by atoms with E-state index >= 15 is 0 Å². The number of aromatic nitrogens is 1. The summed E-state index contributed by atoms with van der Waals surface area (Å²) in [5.41, 5.74) is 6.10. The first-order valence-corrected chi connectivity index (χ1v) is 7.07. The third kappa shape index (κ3) is 4.68. The molecular formula is C10H16N4O3S. The van der Waals surface area contributed by atoms with Crippen LogP contribution in [0.15, 0.2) is 18.3 Å². The van der Waals surface area contributed by atoms with E-state index in [1.165, 1.54) is 12.3 Å². The van der Waals surface area contributed by atoms with Crippen molar-refractivity contribution >= 4 is 21.6 Å². The van der Waals surface area contributed by atoms with Gasteiger partial charge in [-0.3, -0.25) is 9.78 Å². The summed E-state index contributed by atoms with van der Waals surface area (Å²) in [6.45, 7) is 2.03. The Hall–Kier alpha value is -1.67. The van der Waals surface area contributed by atoms with Gasteiger partial charge in [0.1, 0.15) is 5.69 Å². The molecule has 0 radical (unpaired) electrons. The van der Waals surface area contributed by atoms with E-state index in [-0.39, 0.29) is 18.0 Å². The summed E-state index contributed by atoms with van der Waals surface area (Å²) in [5.74, 6) is -0.622. The molecule has 0 saturated carbocycles. The van der Waals surface area contributed by atoms with Gasteiger partial charge in [0.2, 0.25) is 10.0 Å². The van der Waals surface area contributed by atoms with Gasteiger partial charge in [-0.1, -0.05) is 6.92 Å². The molecule has 0 aliphatic heterocycles. The molecule has 0 saturated heterocycles. The van der Waals surface area contributed by atoms with E-state index in [1.54, 1.807) is 13.0 Å². The number of hydrogen-bond acceptors (Lipinski definition) is 5. The average Bonchev–Trinajstić information content (AvgIpc) is 2.28. The van der Waals surface area contributed by atoms with Crippen molar-refractivity contribution < 1.29 is 13.2 Å². The predicted octanol–water partition coefficient (Wildman–Crippen LogP) is -0.667. The summed E-state index contributed by atoms with van der Waals surface area (Å²) in [7, 11) is -3.33. The normalized spacial score (nSPS) is 11.2. The number of pyridine rings is 1. The van der Waals surface area contributed by atoms with Gasteiger partial charge >= 0.3 is 0 Å². The van der Waals surface area contributed by atoms with E-state index in [0.29, 0.717) is 12.2 Å². The molecule has 1 aromatic rings. The maximum absolute atomic E-state index is 11.6. The maximum Gasteiger partial charge on any atom is 0.269 e. The van der Waals surface area contributed by atoms with Gasteiger partial charge in [-0.25, -0.2) is 13.1 Å². The molecule has 0 bridgehead atoms. The van der Waals surface area contributed by atoms with Crippen molar-refractivity contribution in [2.45, 2.75) is 6.92 Å². The lowest BCUT2D eigenvalue weighted by Gasteiger charge is -2.06. The first-order valence-electron chi connectivity index (χ1n) is 5.41. The fourth-order valence-corrected chi connectivity index (χ4v) is 2.21. The number of sulfonamides is 1. The SMILES string of the molecule is CCNS(=O)(=O)CCNC(=O)c1cc(N)ccn1. The summed E-state index contributed by atoms with van der Waals surface area (Å²) in [4.78, 5) is 15.4. The molecule has 0 aliphatic carbocycles. The number of nitrogens with zero attached hydrogens (tertiary/aromatic N) is 1. The summed E-state index contributed by atoms with van der Waals surface area (Å²) < 4.78 is 24.9. The van der Waals surface area contributed by atoms with E-state index in [1.807, 2.05) is 0 Å². The number of rotatable bonds is 6. The lowest BCUT2D eigenvalue weighted by molar-refractivity contribution is 0.0951. The standard InChI is InChI=1S/C10H16N4O3S/c1-2-14-18(16,17)6-5-13-10(15)9-7-8(11)3-4-12-9/h3-4,7,14H,2,5-6H2,1H3,(H2,11,12)(H,13,15). The number of carbonyl (C=O) groups excluding carboxylic acids is 1. The number of nitrogens with two attached hydrogens (primary N) is 1. The number of anilines is 1. The summed E-state index contributed by atoms with van der Waals surface area (Å²) in [6.07, 6.45) is 1.42. The van der Waals surface area contributed by atoms with Gasteiger partial charge in [0, 0.05) is 25.0 Å². The first-order chi connectivity index (χ1) is 8.44. The molecule has 0 atom stereocenters. The molecular weight excluding hydrogens is 256 g/mol. The number of amides is 1. The molecule has 1 rings (SSSR count). The zero-order valence-corrected chi connectivity index (χ0v) is 10.8. The van der Waals surface area contributed by atoms with Gasteiger partial charge in [0.25, 0.3) is 5.91 Å². The molecule has 18 heavy (non-hydrogen) atoms. The molecule has 0 aliphatic rings. The summed E-state index contributed by atoms with van der Waals surface area (Å²) >= 11 is 0. The zero-order chi connectivity index (χ0) is 13.6. The van der Waals surface area contributed by atoms with Crippen LogP contribution < -0.4 is 15.8 Å². The van der Waals surface area contributed by atoms with E-state index in [9.17, 15) is 13.2 Å². The molecule has 1 aromatic heterocycles. The molecule has 0 aromatic carbocycles. The van der Waals surface area contributed by atoms with Crippen molar-refractivity contribution in [1.29, 1.82) is 0 Å². The Balaban J connectivity index is 2.48. The monoisotopic (exact) mass is 272 g/mol. The second-order valence-corrected chi connectivity index (χ2v) is 5.47. The van der Waals surface area contributed by atoms with Crippen molar-refractivity contribution in [2.24, 2.45) is 0 Å². The minimum Gasteiger partial charge on any atom is -0.399 e. The summed E-state index contributed by atoms with van der Waals surface area (Å²) in [6, 6.07) is 2.99. The fraction of sp³-hybridized carbons (Fsp3) is 0.400. The van der Waals surface area contributed by atoms with Gasteiger partial charge in [0.05, 0.1) is 5.75 Å². The number of hydrogen-bond donors (Lipinski definition) is 3. The number of nitrogen functional groups attached to an aromatic ring is 1. The Morgan fingerprint density at radius 2 is 2.22 bits per heavy atom. The van der Waals surface area contributed by atoms with Crippen molar-refractivity contribution in [1.82, 2.24) is 15.0 Å². The highest BCUT2D eigenvalue weighted by Crippen LogP contribution is 2.02. The molecule has 0 unspecified atom stereocenters. The van der Waals surface area contributed by atoms with E-state index < -0.39 is 15.9 Å². The van der Waals surface area contributed by atoms with Crippen molar-refractivity contribution in [2.75, 3.05) is 24.6 Å². The van der Waals surface area contributed by atoms with Crippen LogP contribution in [0.1, 0.15) is 17.4 Å². The quantitative estimate of drug-likeness (QED) is 0.635.